The van der Waals surface area contributed by atoms with E-state index >= 15 is 0 Å². The maximum Gasteiger partial charge on any atom is 0.244 e. The van der Waals surface area contributed by atoms with Crippen LogP contribution >= 0.6 is 0 Å². The second-order valence-corrected chi connectivity index (χ2v) is 8.28. The standard InChI is InChI=1S/C23H21FN2O3/c24-15-6-8-16(9-7-15)25-19(27)12-26-22(28)20-14-10-17(13-4-2-1-3-5-13)18(11-14)21(20)23(26)29/h1-9,14,17-18,20-21H,10-12H2,(H,25,27)/t14-,17+,18-,20+,21-/m1/s1. The Balaban J connectivity index is 1.31. The molecular weight excluding hydrogens is 371 g/mol. The topological polar surface area (TPSA) is 66.5 Å². The summed E-state index contributed by atoms with van der Waals surface area (Å²) in [5.41, 5.74) is 1.66. The second kappa shape index (κ2) is 6.79. The molecule has 1 N–H and O–H groups in total. The first kappa shape index (κ1) is 18.0. The number of amides is 3. The number of nitrogens with one attached hydrogen (secondary N) is 1. The number of benzene rings is 2. The van der Waals surface area contributed by atoms with Gasteiger partial charge in [-0.3, -0.25) is 19.3 Å². The van der Waals surface area contributed by atoms with Crippen LogP contribution in [0.15, 0.2) is 54.6 Å². The van der Waals surface area contributed by atoms with Crippen molar-refractivity contribution < 1.29 is 18.8 Å². The van der Waals surface area contributed by atoms with Crippen LogP contribution in [0.5, 0.6) is 0 Å². The molecule has 1 saturated heterocycles. The molecule has 29 heavy (non-hydrogen) atoms. The second-order valence-electron chi connectivity index (χ2n) is 8.28. The van der Waals surface area contributed by atoms with Crippen LogP contribution in [0.25, 0.3) is 0 Å². The zero-order chi connectivity index (χ0) is 20.1. The van der Waals surface area contributed by atoms with Crippen LogP contribution in [0.4, 0.5) is 10.1 Å². The molecule has 3 amide bonds. The molecular formula is C23H21FN2O3. The minimum Gasteiger partial charge on any atom is -0.325 e. The lowest BCUT2D eigenvalue weighted by Gasteiger charge is -2.28. The van der Waals surface area contributed by atoms with E-state index in [0.29, 0.717) is 11.6 Å². The summed E-state index contributed by atoms with van der Waals surface area (Å²) in [4.78, 5) is 39.5. The molecule has 2 saturated carbocycles. The molecule has 0 spiro atoms. The largest absolute Gasteiger partial charge is 0.325 e. The van der Waals surface area contributed by atoms with E-state index in [1.807, 2.05) is 18.2 Å². The van der Waals surface area contributed by atoms with Crippen molar-refractivity contribution in [2.45, 2.75) is 18.8 Å². The van der Waals surface area contributed by atoms with Gasteiger partial charge in [0.1, 0.15) is 12.4 Å². The van der Waals surface area contributed by atoms with Gasteiger partial charge in [-0.15, -0.1) is 0 Å². The first-order chi connectivity index (χ1) is 14.0. The Morgan fingerprint density at radius 3 is 2.38 bits per heavy atom. The summed E-state index contributed by atoms with van der Waals surface area (Å²) in [6.07, 6.45) is 1.83. The van der Waals surface area contributed by atoms with Crippen LogP contribution in [-0.2, 0) is 14.4 Å². The first-order valence-corrected chi connectivity index (χ1v) is 9.98. The molecule has 1 aliphatic heterocycles. The molecule has 5 atom stereocenters. The number of hydrogen-bond donors (Lipinski definition) is 1. The molecule has 5 nitrogen and oxygen atoms in total. The summed E-state index contributed by atoms with van der Waals surface area (Å²) in [5.74, 6) is -1.22. The number of hydrogen-bond acceptors (Lipinski definition) is 3. The van der Waals surface area contributed by atoms with E-state index in [1.54, 1.807) is 0 Å². The van der Waals surface area contributed by atoms with Crippen molar-refractivity contribution in [1.82, 2.24) is 4.90 Å². The summed E-state index contributed by atoms with van der Waals surface area (Å²) in [6, 6.07) is 15.6. The smallest absolute Gasteiger partial charge is 0.244 e. The van der Waals surface area contributed by atoms with Crippen molar-refractivity contribution in [1.29, 1.82) is 0 Å². The van der Waals surface area contributed by atoms with Crippen molar-refractivity contribution in [3.05, 3.63) is 66.0 Å². The average molecular weight is 392 g/mol. The minimum atomic E-state index is -0.453. The van der Waals surface area contributed by atoms with E-state index < -0.39 is 11.7 Å². The molecule has 0 unspecified atom stereocenters. The van der Waals surface area contributed by atoms with Crippen molar-refractivity contribution in [3.63, 3.8) is 0 Å². The van der Waals surface area contributed by atoms with Gasteiger partial charge in [0.25, 0.3) is 0 Å². The maximum atomic E-state index is 13.1. The van der Waals surface area contributed by atoms with E-state index in [0.717, 1.165) is 17.7 Å². The predicted octanol–water partition coefficient (Wildman–Crippen LogP) is 3.19. The first-order valence-electron chi connectivity index (χ1n) is 9.98. The monoisotopic (exact) mass is 392 g/mol. The maximum absolute atomic E-state index is 13.1. The van der Waals surface area contributed by atoms with E-state index in [-0.39, 0.29) is 42.0 Å². The number of likely N-dealkylation sites (tertiary alicyclic amines) is 1. The van der Waals surface area contributed by atoms with E-state index in [4.69, 9.17) is 0 Å². The lowest BCUT2D eigenvalue weighted by molar-refractivity contribution is -0.143. The average Bonchev–Trinajstić information content (AvgIpc) is 3.38. The molecule has 2 aromatic rings. The van der Waals surface area contributed by atoms with Crippen LogP contribution in [-0.4, -0.2) is 29.2 Å². The van der Waals surface area contributed by atoms with E-state index in [1.165, 1.54) is 29.8 Å². The summed E-state index contributed by atoms with van der Waals surface area (Å²) >= 11 is 0. The third-order valence-electron chi connectivity index (χ3n) is 6.76. The fourth-order valence-corrected chi connectivity index (χ4v) is 5.64. The third-order valence-corrected chi connectivity index (χ3v) is 6.76. The Labute approximate surface area is 167 Å². The number of halogens is 1. The highest BCUT2D eigenvalue weighted by Crippen LogP contribution is 2.61. The van der Waals surface area contributed by atoms with Crippen LogP contribution < -0.4 is 5.32 Å². The van der Waals surface area contributed by atoms with Crippen LogP contribution in [0.3, 0.4) is 0 Å². The van der Waals surface area contributed by atoms with Crippen molar-refractivity contribution in [2.24, 2.45) is 23.7 Å². The highest BCUT2D eigenvalue weighted by Gasteiger charge is 2.63. The van der Waals surface area contributed by atoms with Gasteiger partial charge in [-0.25, -0.2) is 4.39 Å². The molecule has 1 heterocycles. The number of imide groups is 1. The van der Waals surface area contributed by atoms with Gasteiger partial charge in [0.15, 0.2) is 0 Å². The normalized spacial score (nSPS) is 30.0. The molecule has 3 fully saturated rings. The van der Waals surface area contributed by atoms with Gasteiger partial charge in [0.2, 0.25) is 17.7 Å². The molecule has 5 rings (SSSR count). The highest BCUT2D eigenvalue weighted by molar-refractivity contribution is 6.09. The Kier molecular flexibility index (Phi) is 4.23. The van der Waals surface area contributed by atoms with Gasteiger partial charge >= 0.3 is 0 Å². The quantitative estimate of drug-likeness (QED) is 0.813. The van der Waals surface area contributed by atoms with Crippen LogP contribution in [0, 0.1) is 29.5 Å². The number of anilines is 1. The zero-order valence-electron chi connectivity index (χ0n) is 15.8. The summed E-state index contributed by atoms with van der Waals surface area (Å²) in [5, 5.41) is 2.62. The SMILES string of the molecule is O=C(CN1C(=O)[C@@H]2[C@@H]3C[C@@H](C[C@H]3c3ccccc3)[C@@H]2C1=O)Nc1ccc(F)cc1. The summed E-state index contributed by atoms with van der Waals surface area (Å²) in [6.45, 7) is -0.294. The van der Waals surface area contributed by atoms with Gasteiger partial charge in [0.05, 0.1) is 11.8 Å². The Morgan fingerprint density at radius 1 is 0.966 bits per heavy atom. The Morgan fingerprint density at radius 2 is 1.66 bits per heavy atom. The zero-order valence-corrected chi connectivity index (χ0v) is 15.8. The molecule has 0 aromatic heterocycles. The van der Waals surface area contributed by atoms with Crippen LogP contribution in [0.2, 0.25) is 0 Å². The summed E-state index contributed by atoms with van der Waals surface area (Å²) < 4.78 is 13.0. The fourth-order valence-electron chi connectivity index (χ4n) is 5.64. The molecule has 2 aliphatic carbocycles. The van der Waals surface area contributed by atoms with Gasteiger partial charge in [-0.2, -0.15) is 0 Å². The van der Waals surface area contributed by atoms with E-state index in [9.17, 15) is 18.8 Å². The number of carbonyl (C=O) groups excluding carboxylic acids is 3. The van der Waals surface area contributed by atoms with Crippen LogP contribution in [0.1, 0.15) is 24.3 Å². The predicted molar refractivity (Wildman–Crippen MR) is 104 cm³/mol. The number of nitrogens with zero attached hydrogens (tertiary/aromatic N) is 1. The number of fused-ring (bicyclic) bond motifs is 5. The highest BCUT2D eigenvalue weighted by atomic mass is 19.1. The van der Waals surface area contributed by atoms with Gasteiger partial charge in [-0.1, -0.05) is 30.3 Å². The van der Waals surface area contributed by atoms with Crippen molar-refractivity contribution in [3.8, 4) is 0 Å². The Bertz CT molecular complexity index is 975. The minimum absolute atomic E-state index is 0.161. The van der Waals surface area contributed by atoms with Gasteiger partial charge in [0, 0.05) is 5.69 Å². The number of rotatable bonds is 4. The molecule has 0 radical (unpaired) electrons. The fraction of sp³-hybridized carbons (Fsp3) is 0.348. The molecule has 2 aromatic carbocycles. The Hall–Kier alpha value is -3.02. The lowest BCUT2D eigenvalue weighted by Crippen LogP contribution is -2.39. The molecule has 3 aliphatic rings. The van der Waals surface area contributed by atoms with Crippen molar-refractivity contribution in [2.75, 3.05) is 11.9 Å². The molecule has 2 bridgehead atoms. The molecule has 6 heteroatoms. The third kappa shape index (κ3) is 2.94. The van der Waals surface area contributed by atoms with Gasteiger partial charge in [-0.05, 0) is 60.4 Å². The van der Waals surface area contributed by atoms with Crippen molar-refractivity contribution >= 4 is 23.4 Å². The summed E-state index contributed by atoms with van der Waals surface area (Å²) in [7, 11) is 0. The molecule has 148 valence electrons. The number of carbonyl (C=O) groups is 3. The lowest BCUT2D eigenvalue weighted by atomic mass is 9.73. The van der Waals surface area contributed by atoms with E-state index in [2.05, 4.69) is 17.4 Å². The van der Waals surface area contributed by atoms with Gasteiger partial charge < -0.3 is 5.32 Å².